The molecule has 0 saturated carbocycles. The number of benzene rings is 2. The largest absolute Gasteiger partial charge is 0.346 e. The highest BCUT2D eigenvalue weighted by atomic mass is 32.2. The van der Waals surface area contributed by atoms with Crippen LogP contribution in [-0.4, -0.2) is 33.3 Å². The fourth-order valence-electron chi connectivity index (χ4n) is 2.28. The Morgan fingerprint density at radius 2 is 1.67 bits per heavy atom. The first-order valence-electron chi connectivity index (χ1n) is 8.52. The van der Waals surface area contributed by atoms with Crippen molar-refractivity contribution in [2.45, 2.75) is 25.2 Å². The van der Waals surface area contributed by atoms with Gasteiger partial charge >= 0.3 is 0 Å². The van der Waals surface area contributed by atoms with Gasteiger partial charge < -0.3 is 10.6 Å². The number of anilines is 1. The summed E-state index contributed by atoms with van der Waals surface area (Å²) in [6.07, 6.45) is 0.849. The molecule has 0 fully saturated rings. The fourth-order valence-corrected chi connectivity index (χ4v) is 3.26. The molecule has 0 heterocycles. The van der Waals surface area contributed by atoms with Crippen LogP contribution in [0.25, 0.3) is 0 Å². The van der Waals surface area contributed by atoms with Crippen LogP contribution >= 0.6 is 0 Å². The van der Waals surface area contributed by atoms with Gasteiger partial charge in [-0.3, -0.25) is 9.59 Å². The fraction of sp³-hybridized carbons (Fsp3) is 0.263. The molecule has 0 saturated heterocycles. The Morgan fingerprint density at radius 1 is 0.963 bits per heavy atom. The van der Waals surface area contributed by atoms with E-state index in [9.17, 15) is 18.0 Å². The summed E-state index contributed by atoms with van der Waals surface area (Å²) in [5, 5.41) is 5.07. The van der Waals surface area contributed by atoms with E-state index in [-0.39, 0.29) is 11.4 Å². The van der Waals surface area contributed by atoms with Crippen LogP contribution in [0.4, 0.5) is 5.69 Å². The summed E-state index contributed by atoms with van der Waals surface area (Å²) in [6.45, 7) is 3.16. The average molecular weight is 389 g/mol. The van der Waals surface area contributed by atoms with Gasteiger partial charge in [-0.1, -0.05) is 36.8 Å². The van der Waals surface area contributed by atoms with Crippen molar-refractivity contribution in [1.29, 1.82) is 0 Å². The first kappa shape index (κ1) is 20.6. The van der Waals surface area contributed by atoms with Crippen LogP contribution in [0.3, 0.4) is 0 Å². The number of carbonyl (C=O) groups excluding carboxylic acids is 2. The van der Waals surface area contributed by atoms with E-state index in [0.717, 1.165) is 17.5 Å². The maximum Gasteiger partial charge on any atom is 0.243 e. The number of amides is 2. The van der Waals surface area contributed by atoms with E-state index in [1.807, 2.05) is 32.0 Å². The molecule has 7 nitrogen and oxygen atoms in total. The normalized spacial score (nSPS) is 11.0. The zero-order valence-electron chi connectivity index (χ0n) is 15.3. The third-order valence-electron chi connectivity index (χ3n) is 3.82. The lowest BCUT2D eigenvalue weighted by Gasteiger charge is -2.09. The molecule has 144 valence electrons. The number of sulfonamides is 1. The summed E-state index contributed by atoms with van der Waals surface area (Å²) >= 11 is 0. The zero-order chi connectivity index (χ0) is 19.9. The summed E-state index contributed by atoms with van der Waals surface area (Å²) in [4.78, 5) is 23.8. The van der Waals surface area contributed by atoms with Gasteiger partial charge in [0.25, 0.3) is 0 Å². The van der Waals surface area contributed by atoms with Crippen molar-refractivity contribution in [3.63, 3.8) is 0 Å². The van der Waals surface area contributed by atoms with E-state index >= 15 is 0 Å². The van der Waals surface area contributed by atoms with E-state index in [0.29, 0.717) is 5.69 Å². The van der Waals surface area contributed by atoms with Crippen LogP contribution in [0.1, 0.15) is 18.1 Å². The number of carbonyl (C=O) groups is 2. The van der Waals surface area contributed by atoms with Gasteiger partial charge in [0, 0.05) is 5.69 Å². The molecule has 27 heavy (non-hydrogen) atoms. The summed E-state index contributed by atoms with van der Waals surface area (Å²) in [5.41, 5.74) is 2.66. The lowest BCUT2D eigenvalue weighted by atomic mass is 10.1. The number of nitrogens with one attached hydrogen (secondary N) is 3. The van der Waals surface area contributed by atoms with Gasteiger partial charge in [0.2, 0.25) is 21.8 Å². The van der Waals surface area contributed by atoms with Crippen LogP contribution in [0.15, 0.2) is 53.4 Å². The first-order valence-corrected chi connectivity index (χ1v) is 10.0. The summed E-state index contributed by atoms with van der Waals surface area (Å²) in [6, 6.07) is 13.7. The molecule has 2 aromatic carbocycles. The monoisotopic (exact) mass is 389 g/mol. The molecule has 0 spiro atoms. The second kappa shape index (κ2) is 9.29. The maximum atomic E-state index is 12.1. The highest BCUT2D eigenvalue weighted by Crippen LogP contribution is 2.11. The minimum Gasteiger partial charge on any atom is -0.346 e. The van der Waals surface area contributed by atoms with Crippen molar-refractivity contribution in [3.05, 3.63) is 59.7 Å². The van der Waals surface area contributed by atoms with Crippen molar-refractivity contribution in [1.82, 2.24) is 10.0 Å². The molecule has 2 aromatic rings. The van der Waals surface area contributed by atoms with Gasteiger partial charge in [-0.2, -0.15) is 0 Å². The quantitative estimate of drug-likeness (QED) is 0.638. The van der Waals surface area contributed by atoms with Crippen LogP contribution in [0.2, 0.25) is 0 Å². The number of aryl methyl sites for hydroxylation is 2. The van der Waals surface area contributed by atoms with Crippen LogP contribution in [0.5, 0.6) is 0 Å². The number of rotatable bonds is 8. The number of hydrogen-bond donors (Lipinski definition) is 3. The van der Waals surface area contributed by atoms with E-state index in [4.69, 9.17) is 0 Å². The van der Waals surface area contributed by atoms with Crippen LogP contribution in [0, 0.1) is 6.92 Å². The van der Waals surface area contributed by atoms with Gasteiger partial charge in [0.1, 0.15) is 0 Å². The van der Waals surface area contributed by atoms with Crippen molar-refractivity contribution in [2.75, 3.05) is 18.4 Å². The minimum absolute atomic E-state index is 0.0782. The first-order chi connectivity index (χ1) is 12.8. The summed E-state index contributed by atoms with van der Waals surface area (Å²) < 4.78 is 26.4. The second-order valence-corrected chi connectivity index (χ2v) is 7.78. The van der Waals surface area contributed by atoms with E-state index < -0.39 is 28.4 Å². The van der Waals surface area contributed by atoms with Gasteiger partial charge in [-0.25, -0.2) is 13.1 Å². The molecule has 0 aliphatic rings. The lowest BCUT2D eigenvalue weighted by molar-refractivity contribution is -0.123. The molecule has 3 N–H and O–H groups in total. The molecule has 0 bridgehead atoms. The SMILES string of the molecule is CCc1cccc(NC(=O)CNC(=O)CNS(=O)(=O)c2ccc(C)cc2)c1. The molecule has 2 rings (SSSR count). The Hall–Kier alpha value is -2.71. The van der Waals surface area contributed by atoms with Gasteiger partial charge in [0.15, 0.2) is 0 Å². The highest BCUT2D eigenvalue weighted by Gasteiger charge is 2.15. The van der Waals surface area contributed by atoms with E-state index in [1.54, 1.807) is 18.2 Å². The van der Waals surface area contributed by atoms with Gasteiger partial charge in [0.05, 0.1) is 18.0 Å². The van der Waals surface area contributed by atoms with Crippen molar-refractivity contribution in [3.8, 4) is 0 Å². The predicted molar refractivity (Wildman–Crippen MR) is 104 cm³/mol. The Morgan fingerprint density at radius 3 is 2.33 bits per heavy atom. The van der Waals surface area contributed by atoms with Crippen LogP contribution in [-0.2, 0) is 26.0 Å². The summed E-state index contributed by atoms with van der Waals surface area (Å²) in [7, 11) is -3.78. The smallest absolute Gasteiger partial charge is 0.243 e. The molecule has 0 unspecified atom stereocenters. The number of hydrogen-bond acceptors (Lipinski definition) is 4. The third kappa shape index (κ3) is 6.50. The van der Waals surface area contributed by atoms with Crippen molar-refractivity contribution < 1.29 is 18.0 Å². The minimum atomic E-state index is -3.78. The highest BCUT2D eigenvalue weighted by molar-refractivity contribution is 7.89. The second-order valence-electron chi connectivity index (χ2n) is 6.02. The molecule has 0 atom stereocenters. The molecule has 0 aliphatic heterocycles. The molecule has 8 heteroatoms. The molecule has 0 aliphatic carbocycles. The standard InChI is InChI=1S/C19H23N3O4S/c1-3-15-5-4-6-16(11-15)22-19(24)12-20-18(23)13-21-27(25,26)17-9-7-14(2)8-10-17/h4-11,21H,3,12-13H2,1-2H3,(H,20,23)(H,22,24). The van der Waals surface area contributed by atoms with E-state index in [1.165, 1.54) is 12.1 Å². The molecule has 2 amide bonds. The third-order valence-corrected chi connectivity index (χ3v) is 5.24. The topological polar surface area (TPSA) is 104 Å². The van der Waals surface area contributed by atoms with Gasteiger partial charge in [-0.15, -0.1) is 0 Å². The Bertz CT molecular complexity index is 909. The predicted octanol–water partition coefficient (Wildman–Crippen LogP) is 1.59. The van der Waals surface area contributed by atoms with Crippen LogP contribution < -0.4 is 15.4 Å². The molecular formula is C19H23N3O4S. The van der Waals surface area contributed by atoms with Gasteiger partial charge in [-0.05, 0) is 43.2 Å². The molecule has 0 aromatic heterocycles. The Labute approximate surface area is 159 Å². The van der Waals surface area contributed by atoms with Crippen molar-refractivity contribution in [2.24, 2.45) is 0 Å². The average Bonchev–Trinajstić information content (AvgIpc) is 2.65. The zero-order valence-corrected chi connectivity index (χ0v) is 16.1. The Kier molecular flexibility index (Phi) is 7.09. The van der Waals surface area contributed by atoms with E-state index in [2.05, 4.69) is 15.4 Å². The lowest BCUT2D eigenvalue weighted by Crippen LogP contribution is -2.40. The molecular weight excluding hydrogens is 366 g/mol. The summed E-state index contributed by atoms with van der Waals surface area (Å²) in [5.74, 6) is -0.985. The maximum absolute atomic E-state index is 12.1. The van der Waals surface area contributed by atoms with Crippen molar-refractivity contribution >= 4 is 27.5 Å². The molecule has 0 radical (unpaired) electrons. The Balaban J connectivity index is 1.80.